The van der Waals surface area contributed by atoms with Crippen LogP contribution >= 0.6 is 0 Å². The fraction of sp³-hybridized carbons (Fsp3) is 0.300. The number of aliphatic hydroxyl groups excluding tert-OH is 1. The van der Waals surface area contributed by atoms with Crippen molar-refractivity contribution in [3.8, 4) is 0 Å². The maximum absolute atomic E-state index is 13.5. The van der Waals surface area contributed by atoms with E-state index in [2.05, 4.69) is 0 Å². The summed E-state index contributed by atoms with van der Waals surface area (Å²) in [5.41, 5.74) is -0.526. The Bertz CT molecular complexity index is 643. The highest BCUT2D eigenvalue weighted by Crippen LogP contribution is 2.20. The number of rotatable bonds is 5. The van der Waals surface area contributed by atoms with Gasteiger partial charge in [0.25, 0.3) is 0 Å². The van der Waals surface area contributed by atoms with Gasteiger partial charge in [-0.1, -0.05) is 0 Å². The van der Waals surface area contributed by atoms with Crippen LogP contribution in [0.25, 0.3) is 0 Å². The molecule has 0 spiro atoms. The van der Waals surface area contributed by atoms with E-state index >= 15 is 0 Å². The summed E-state index contributed by atoms with van der Waals surface area (Å²) in [5, 5.41) is 17.2. The summed E-state index contributed by atoms with van der Waals surface area (Å²) < 4.78 is 74.1. The third kappa shape index (κ3) is 4.37. The van der Waals surface area contributed by atoms with E-state index in [1.807, 2.05) is 0 Å². The van der Waals surface area contributed by atoms with Crippen LogP contribution in [0, 0.1) is 5.82 Å². The predicted molar refractivity (Wildman–Crippen MR) is 60.6 cm³/mol. The van der Waals surface area contributed by atoms with Crippen molar-refractivity contribution < 1.29 is 41.0 Å². The Kier molecular flexibility index (Phi) is 4.91. The van der Waals surface area contributed by atoms with Crippen LogP contribution in [-0.4, -0.2) is 43.4 Å². The van der Waals surface area contributed by atoms with Crippen LogP contribution in [0.1, 0.15) is 10.4 Å². The molecule has 0 heterocycles. The summed E-state index contributed by atoms with van der Waals surface area (Å²) in [6.45, 7) is -1.40. The SMILES string of the molecule is O=C(O)c1ccc(S(=O)(=O)NCC(O)C(F)(F)F)c(F)c1. The van der Waals surface area contributed by atoms with Crippen LogP contribution in [0.5, 0.6) is 0 Å². The van der Waals surface area contributed by atoms with Crippen molar-refractivity contribution in [3.63, 3.8) is 0 Å². The Balaban J connectivity index is 2.96. The van der Waals surface area contributed by atoms with Crippen LogP contribution in [0.3, 0.4) is 0 Å². The molecule has 0 radical (unpaired) electrons. The Labute approximate surface area is 116 Å². The number of nitrogens with one attached hydrogen (secondary N) is 1. The average Bonchev–Trinajstić information content (AvgIpc) is 2.34. The molecule has 1 rings (SSSR count). The number of aliphatic hydroxyl groups is 1. The van der Waals surface area contributed by atoms with Crippen LogP contribution in [0.2, 0.25) is 0 Å². The number of aromatic carboxylic acids is 1. The molecular weight excluding hydrogens is 322 g/mol. The van der Waals surface area contributed by atoms with Gasteiger partial charge in [0.1, 0.15) is 10.7 Å². The van der Waals surface area contributed by atoms with Gasteiger partial charge in [-0.3, -0.25) is 0 Å². The second-order valence-electron chi connectivity index (χ2n) is 3.86. The van der Waals surface area contributed by atoms with Crippen molar-refractivity contribution in [2.45, 2.75) is 17.2 Å². The zero-order valence-corrected chi connectivity index (χ0v) is 10.9. The predicted octanol–water partition coefficient (Wildman–Crippen LogP) is 0.725. The fourth-order valence-electron chi connectivity index (χ4n) is 1.23. The Hall–Kier alpha value is -1.72. The van der Waals surface area contributed by atoms with E-state index in [-0.39, 0.29) is 0 Å². The Morgan fingerprint density at radius 2 is 1.90 bits per heavy atom. The molecular formula is C10H9F4NO5S. The van der Waals surface area contributed by atoms with Crippen molar-refractivity contribution in [2.24, 2.45) is 0 Å². The molecule has 0 aliphatic carbocycles. The highest BCUT2D eigenvalue weighted by molar-refractivity contribution is 7.89. The van der Waals surface area contributed by atoms with Gasteiger partial charge in [-0.25, -0.2) is 22.3 Å². The number of sulfonamides is 1. The van der Waals surface area contributed by atoms with Crippen LogP contribution in [0.15, 0.2) is 23.1 Å². The maximum Gasteiger partial charge on any atom is 0.415 e. The summed E-state index contributed by atoms with van der Waals surface area (Å²) >= 11 is 0. The van der Waals surface area contributed by atoms with Crippen molar-refractivity contribution >= 4 is 16.0 Å². The molecule has 0 bridgehead atoms. The van der Waals surface area contributed by atoms with Crippen molar-refractivity contribution in [3.05, 3.63) is 29.6 Å². The zero-order chi connectivity index (χ0) is 16.4. The molecule has 21 heavy (non-hydrogen) atoms. The molecule has 0 aromatic heterocycles. The Morgan fingerprint density at radius 1 is 1.33 bits per heavy atom. The van der Waals surface area contributed by atoms with Gasteiger partial charge in [0.2, 0.25) is 10.0 Å². The zero-order valence-electron chi connectivity index (χ0n) is 10.1. The van der Waals surface area contributed by atoms with Gasteiger partial charge in [0, 0.05) is 6.54 Å². The maximum atomic E-state index is 13.5. The molecule has 1 unspecified atom stereocenters. The monoisotopic (exact) mass is 331 g/mol. The molecule has 1 atom stereocenters. The molecule has 1 aromatic rings. The standard InChI is InChI=1S/C10H9F4NO5S/c11-6-3-5(9(17)18)1-2-7(6)21(19,20)15-4-8(16)10(12,13)14/h1-3,8,15-16H,4H2,(H,17,18). The summed E-state index contributed by atoms with van der Waals surface area (Å²) in [6.07, 6.45) is -7.98. The number of alkyl halides is 3. The molecule has 0 fully saturated rings. The smallest absolute Gasteiger partial charge is 0.415 e. The van der Waals surface area contributed by atoms with Gasteiger partial charge in [0.15, 0.2) is 6.10 Å². The summed E-state index contributed by atoms with van der Waals surface area (Å²) in [6, 6.07) is 1.79. The second-order valence-corrected chi connectivity index (χ2v) is 5.60. The van der Waals surface area contributed by atoms with E-state index in [1.165, 1.54) is 4.72 Å². The first-order valence-corrected chi connectivity index (χ1v) is 6.71. The van der Waals surface area contributed by atoms with Crippen LogP contribution < -0.4 is 4.72 Å². The lowest BCUT2D eigenvalue weighted by atomic mass is 10.2. The molecule has 6 nitrogen and oxygen atoms in total. The van der Waals surface area contributed by atoms with Gasteiger partial charge >= 0.3 is 12.1 Å². The highest BCUT2D eigenvalue weighted by atomic mass is 32.2. The summed E-state index contributed by atoms with van der Waals surface area (Å²) in [4.78, 5) is 9.52. The van der Waals surface area contributed by atoms with Crippen molar-refractivity contribution in [2.75, 3.05) is 6.54 Å². The molecule has 11 heteroatoms. The third-order valence-electron chi connectivity index (χ3n) is 2.31. The molecule has 3 N–H and O–H groups in total. The molecule has 0 aliphatic heterocycles. The van der Waals surface area contributed by atoms with Gasteiger partial charge in [-0.15, -0.1) is 0 Å². The minimum atomic E-state index is -5.03. The third-order valence-corrected chi connectivity index (χ3v) is 3.77. The largest absolute Gasteiger partial charge is 0.478 e. The quantitative estimate of drug-likeness (QED) is 0.690. The minimum Gasteiger partial charge on any atom is -0.478 e. The van der Waals surface area contributed by atoms with E-state index in [1.54, 1.807) is 0 Å². The van der Waals surface area contributed by atoms with Crippen molar-refractivity contribution in [1.29, 1.82) is 0 Å². The lowest BCUT2D eigenvalue weighted by Crippen LogP contribution is -2.40. The topological polar surface area (TPSA) is 104 Å². The van der Waals surface area contributed by atoms with E-state index in [9.17, 15) is 30.8 Å². The lowest BCUT2D eigenvalue weighted by Gasteiger charge is -2.15. The minimum absolute atomic E-state index is 0.414. The number of hydrogen-bond acceptors (Lipinski definition) is 4. The number of carbonyl (C=O) groups is 1. The second kappa shape index (κ2) is 5.95. The Morgan fingerprint density at radius 3 is 2.33 bits per heavy atom. The lowest BCUT2D eigenvalue weighted by molar-refractivity contribution is -0.200. The molecule has 0 saturated carbocycles. The molecule has 1 aromatic carbocycles. The van der Waals surface area contributed by atoms with Gasteiger partial charge in [0.05, 0.1) is 5.56 Å². The first-order chi connectivity index (χ1) is 9.45. The van der Waals surface area contributed by atoms with Crippen molar-refractivity contribution in [1.82, 2.24) is 4.72 Å². The number of hydrogen-bond donors (Lipinski definition) is 3. The number of carboxylic acids is 1. The highest BCUT2D eigenvalue weighted by Gasteiger charge is 2.38. The summed E-state index contributed by atoms with van der Waals surface area (Å²) in [7, 11) is -4.67. The first kappa shape index (κ1) is 17.3. The number of halogens is 4. The van der Waals surface area contributed by atoms with Gasteiger partial charge in [-0.05, 0) is 18.2 Å². The fourth-order valence-corrected chi connectivity index (χ4v) is 2.33. The molecule has 0 saturated heterocycles. The van der Waals surface area contributed by atoms with E-state index < -0.39 is 51.1 Å². The average molecular weight is 331 g/mol. The van der Waals surface area contributed by atoms with Crippen LogP contribution in [0.4, 0.5) is 17.6 Å². The van der Waals surface area contributed by atoms with Gasteiger partial charge < -0.3 is 10.2 Å². The number of benzene rings is 1. The normalized spacial score (nSPS) is 14.0. The molecule has 0 aliphatic rings. The molecule has 118 valence electrons. The first-order valence-electron chi connectivity index (χ1n) is 5.22. The van der Waals surface area contributed by atoms with Gasteiger partial charge in [-0.2, -0.15) is 13.2 Å². The molecule has 0 amide bonds. The van der Waals surface area contributed by atoms with E-state index in [4.69, 9.17) is 10.2 Å². The van der Waals surface area contributed by atoms with E-state index in [0.29, 0.717) is 12.1 Å². The number of carboxylic acid groups (broad SMARTS) is 1. The summed E-state index contributed by atoms with van der Waals surface area (Å²) in [5.74, 6) is -2.94. The van der Waals surface area contributed by atoms with Crippen LogP contribution in [-0.2, 0) is 10.0 Å². The van der Waals surface area contributed by atoms with E-state index in [0.717, 1.165) is 6.07 Å².